The van der Waals surface area contributed by atoms with E-state index in [1.165, 1.54) is 0 Å². The van der Waals surface area contributed by atoms with E-state index >= 15 is 0 Å². The smallest absolute Gasteiger partial charge is 0.0925 e. The predicted molar refractivity (Wildman–Crippen MR) is 75.5 cm³/mol. The van der Waals surface area contributed by atoms with Crippen LogP contribution in [0.3, 0.4) is 0 Å². The lowest BCUT2D eigenvalue weighted by atomic mass is 10.2. The Labute approximate surface area is 115 Å². The molecule has 0 fully saturated rings. The number of aryl methyl sites for hydroxylation is 1. The van der Waals surface area contributed by atoms with Gasteiger partial charge in [0.1, 0.15) is 0 Å². The summed E-state index contributed by atoms with van der Waals surface area (Å²) in [5, 5.41) is 3.39. The highest BCUT2D eigenvalue weighted by atomic mass is 79.9. The lowest BCUT2D eigenvalue weighted by Crippen LogP contribution is -2.05. The minimum Gasteiger partial charge on any atom is -0.380 e. The summed E-state index contributed by atoms with van der Waals surface area (Å²) < 4.78 is 6.27. The monoisotopic (exact) mass is 309 g/mol. The van der Waals surface area contributed by atoms with Crippen LogP contribution in [-0.2, 0) is 17.9 Å². The van der Waals surface area contributed by atoms with Crippen molar-refractivity contribution in [2.75, 3.05) is 12.4 Å². The van der Waals surface area contributed by atoms with Crippen LogP contribution in [0.5, 0.6) is 0 Å². The standard InChI is InChI=1S/C13H16BrN3O/c1-9-13(17-8-16-9)6-15-12-5-3-4-11(14)10(12)7-18-2/h3-5,8,15H,6-7H2,1-2H3,(H,16,17). The summed E-state index contributed by atoms with van der Waals surface area (Å²) in [6, 6.07) is 6.06. The molecule has 2 aromatic rings. The summed E-state index contributed by atoms with van der Waals surface area (Å²) >= 11 is 3.54. The van der Waals surface area contributed by atoms with E-state index in [0.29, 0.717) is 13.2 Å². The molecule has 0 aliphatic carbocycles. The fourth-order valence-corrected chi connectivity index (χ4v) is 2.24. The van der Waals surface area contributed by atoms with Gasteiger partial charge in [-0.1, -0.05) is 22.0 Å². The van der Waals surface area contributed by atoms with Gasteiger partial charge in [-0.15, -0.1) is 0 Å². The minimum atomic E-state index is 0.573. The van der Waals surface area contributed by atoms with Crippen LogP contribution in [0.4, 0.5) is 5.69 Å². The van der Waals surface area contributed by atoms with Gasteiger partial charge in [0, 0.05) is 28.5 Å². The Morgan fingerprint density at radius 3 is 2.94 bits per heavy atom. The molecule has 1 aromatic heterocycles. The van der Waals surface area contributed by atoms with E-state index in [1.807, 2.05) is 25.1 Å². The number of H-pyrrole nitrogens is 1. The average Bonchev–Trinajstić information content (AvgIpc) is 2.76. The number of nitrogens with one attached hydrogen (secondary N) is 2. The van der Waals surface area contributed by atoms with Crippen molar-refractivity contribution in [2.45, 2.75) is 20.1 Å². The van der Waals surface area contributed by atoms with Crippen molar-refractivity contribution < 1.29 is 4.74 Å². The number of aromatic amines is 1. The third-order valence-corrected chi connectivity index (χ3v) is 3.53. The predicted octanol–water partition coefficient (Wildman–Crippen LogP) is 3.24. The highest BCUT2D eigenvalue weighted by molar-refractivity contribution is 9.10. The summed E-state index contributed by atoms with van der Waals surface area (Å²) in [5.41, 5.74) is 4.30. The average molecular weight is 310 g/mol. The van der Waals surface area contributed by atoms with Gasteiger partial charge in [-0.2, -0.15) is 0 Å². The van der Waals surface area contributed by atoms with Gasteiger partial charge in [-0.05, 0) is 19.1 Å². The first-order valence-electron chi connectivity index (χ1n) is 5.71. The number of anilines is 1. The second kappa shape index (κ2) is 6.02. The number of nitrogens with zero attached hydrogens (tertiary/aromatic N) is 1. The zero-order valence-corrected chi connectivity index (χ0v) is 12.0. The largest absolute Gasteiger partial charge is 0.380 e. The number of aromatic nitrogens is 2. The number of hydrogen-bond donors (Lipinski definition) is 2. The lowest BCUT2D eigenvalue weighted by molar-refractivity contribution is 0.185. The molecule has 0 spiro atoms. The highest BCUT2D eigenvalue weighted by Gasteiger charge is 2.07. The number of benzene rings is 1. The Morgan fingerprint density at radius 2 is 2.28 bits per heavy atom. The van der Waals surface area contributed by atoms with Crippen LogP contribution >= 0.6 is 15.9 Å². The number of ether oxygens (including phenoxy) is 1. The van der Waals surface area contributed by atoms with Crippen LogP contribution in [0.25, 0.3) is 0 Å². The van der Waals surface area contributed by atoms with E-state index in [4.69, 9.17) is 4.74 Å². The van der Waals surface area contributed by atoms with Crippen molar-refractivity contribution in [1.29, 1.82) is 0 Å². The fraction of sp³-hybridized carbons (Fsp3) is 0.308. The van der Waals surface area contributed by atoms with Gasteiger partial charge in [0.25, 0.3) is 0 Å². The van der Waals surface area contributed by atoms with E-state index in [0.717, 1.165) is 27.1 Å². The third kappa shape index (κ3) is 2.91. The van der Waals surface area contributed by atoms with Gasteiger partial charge < -0.3 is 15.0 Å². The number of methoxy groups -OCH3 is 1. The second-order valence-corrected chi connectivity index (χ2v) is 4.88. The lowest BCUT2D eigenvalue weighted by Gasteiger charge is -2.12. The fourth-order valence-electron chi connectivity index (χ4n) is 1.76. The van der Waals surface area contributed by atoms with Crippen molar-refractivity contribution in [3.63, 3.8) is 0 Å². The Balaban J connectivity index is 2.14. The summed E-state index contributed by atoms with van der Waals surface area (Å²) in [7, 11) is 1.70. The Morgan fingerprint density at radius 1 is 1.44 bits per heavy atom. The van der Waals surface area contributed by atoms with Crippen LogP contribution in [-0.4, -0.2) is 17.1 Å². The SMILES string of the molecule is COCc1c(Br)cccc1NCc1nc[nH]c1C. The first-order valence-corrected chi connectivity index (χ1v) is 6.50. The molecule has 96 valence electrons. The van der Waals surface area contributed by atoms with Crippen molar-refractivity contribution in [3.8, 4) is 0 Å². The van der Waals surface area contributed by atoms with Crippen molar-refractivity contribution in [3.05, 3.63) is 46.0 Å². The molecule has 2 N–H and O–H groups in total. The molecule has 0 unspecified atom stereocenters. The normalized spacial score (nSPS) is 10.6. The highest BCUT2D eigenvalue weighted by Crippen LogP contribution is 2.26. The summed E-state index contributed by atoms with van der Waals surface area (Å²) in [5.74, 6) is 0. The first-order chi connectivity index (χ1) is 8.72. The molecule has 0 amide bonds. The van der Waals surface area contributed by atoms with Gasteiger partial charge in [0.05, 0.1) is 25.2 Å². The summed E-state index contributed by atoms with van der Waals surface area (Å²) in [6.45, 7) is 3.28. The van der Waals surface area contributed by atoms with E-state index < -0.39 is 0 Å². The maximum absolute atomic E-state index is 5.22. The summed E-state index contributed by atoms with van der Waals surface area (Å²) in [4.78, 5) is 7.34. The molecule has 1 heterocycles. The van der Waals surface area contributed by atoms with Gasteiger partial charge >= 0.3 is 0 Å². The third-order valence-electron chi connectivity index (χ3n) is 2.79. The van der Waals surface area contributed by atoms with Crippen LogP contribution < -0.4 is 5.32 Å². The number of hydrogen-bond acceptors (Lipinski definition) is 3. The van der Waals surface area contributed by atoms with E-state index in [-0.39, 0.29) is 0 Å². The molecule has 0 saturated heterocycles. The van der Waals surface area contributed by atoms with Gasteiger partial charge in [-0.25, -0.2) is 4.98 Å². The van der Waals surface area contributed by atoms with E-state index in [1.54, 1.807) is 13.4 Å². The molecule has 2 rings (SSSR count). The minimum absolute atomic E-state index is 0.573. The second-order valence-electron chi connectivity index (χ2n) is 4.03. The number of rotatable bonds is 5. The number of halogens is 1. The Bertz CT molecular complexity index is 525. The Kier molecular flexibility index (Phi) is 4.38. The molecule has 1 aromatic carbocycles. The van der Waals surface area contributed by atoms with Crippen LogP contribution in [0.15, 0.2) is 29.0 Å². The Hall–Kier alpha value is -1.33. The topological polar surface area (TPSA) is 49.9 Å². The molecule has 0 atom stereocenters. The van der Waals surface area contributed by atoms with E-state index in [2.05, 4.69) is 31.2 Å². The van der Waals surface area contributed by atoms with E-state index in [9.17, 15) is 0 Å². The van der Waals surface area contributed by atoms with Crippen molar-refractivity contribution in [1.82, 2.24) is 9.97 Å². The molecule has 0 aliphatic rings. The summed E-state index contributed by atoms with van der Waals surface area (Å²) in [6.07, 6.45) is 1.71. The maximum Gasteiger partial charge on any atom is 0.0925 e. The van der Waals surface area contributed by atoms with Gasteiger partial charge in [0.2, 0.25) is 0 Å². The molecule has 0 radical (unpaired) electrons. The first kappa shape index (κ1) is 13.1. The zero-order chi connectivity index (χ0) is 13.0. The molecular formula is C13H16BrN3O. The van der Waals surface area contributed by atoms with Crippen LogP contribution in [0, 0.1) is 6.92 Å². The molecule has 4 nitrogen and oxygen atoms in total. The molecule has 0 bridgehead atoms. The number of imidazole rings is 1. The van der Waals surface area contributed by atoms with Gasteiger partial charge in [-0.3, -0.25) is 0 Å². The molecular weight excluding hydrogens is 294 g/mol. The molecule has 0 aliphatic heterocycles. The van der Waals surface area contributed by atoms with Crippen molar-refractivity contribution >= 4 is 21.6 Å². The molecule has 5 heteroatoms. The van der Waals surface area contributed by atoms with Crippen LogP contribution in [0.2, 0.25) is 0 Å². The maximum atomic E-state index is 5.22. The quantitative estimate of drug-likeness (QED) is 0.891. The molecule has 18 heavy (non-hydrogen) atoms. The molecule has 0 saturated carbocycles. The zero-order valence-electron chi connectivity index (χ0n) is 10.5. The van der Waals surface area contributed by atoms with Crippen molar-refractivity contribution in [2.24, 2.45) is 0 Å². The van der Waals surface area contributed by atoms with Crippen LogP contribution in [0.1, 0.15) is 17.0 Å². The van der Waals surface area contributed by atoms with Gasteiger partial charge in [0.15, 0.2) is 0 Å².